The first-order chi connectivity index (χ1) is 9.99. The summed E-state index contributed by atoms with van der Waals surface area (Å²) in [6.45, 7) is 5.92. The first-order valence-corrected chi connectivity index (χ1v) is 7.28. The summed E-state index contributed by atoms with van der Waals surface area (Å²) in [7, 11) is 0. The van der Waals surface area contributed by atoms with Crippen LogP contribution in [0.2, 0.25) is 0 Å². The first-order valence-electron chi connectivity index (χ1n) is 7.28. The highest BCUT2D eigenvalue weighted by Gasteiger charge is 2.61. The van der Waals surface area contributed by atoms with Crippen LogP contribution in [0.4, 0.5) is 5.69 Å². The fourth-order valence-electron chi connectivity index (χ4n) is 4.05. The molecule has 1 aromatic carbocycles. The molecule has 0 aromatic heterocycles. The molecule has 0 aliphatic carbocycles. The quantitative estimate of drug-likeness (QED) is 0.585. The minimum absolute atomic E-state index is 0.114. The van der Waals surface area contributed by atoms with Gasteiger partial charge >= 0.3 is 0 Å². The highest BCUT2D eigenvalue weighted by molar-refractivity contribution is 6.23. The molecule has 2 amide bonds. The summed E-state index contributed by atoms with van der Waals surface area (Å²) >= 11 is 0. The van der Waals surface area contributed by atoms with Crippen LogP contribution < -0.4 is 4.90 Å². The van der Waals surface area contributed by atoms with Gasteiger partial charge in [-0.25, -0.2) is 4.90 Å². The Hall–Kier alpha value is -1.94. The van der Waals surface area contributed by atoms with Gasteiger partial charge in [-0.15, -0.1) is 0 Å². The van der Waals surface area contributed by atoms with Crippen LogP contribution in [0.3, 0.4) is 0 Å². The summed E-state index contributed by atoms with van der Waals surface area (Å²) in [4.78, 5) is 26.9. The van der Waals surface area contributed by atoms with Gasteiger partial charge in [0.25, 0.3) is 0 Å². The van der Waals surface area contributed by atoms with E-state index in [0.29, 0.717) is 0 Å². The second-order valence-electron chi connectivity index (χ2n) is 6.26. The number of aryl methyl sites for hydroxylation is 3. The van der Waals surface area contributed by atoms with E-state index in [2.05, 4.69) is 0 Å². The summed E-state index contributed by atoms with van der Waals surface area (Å²) in [5.74, 6) is -0.908. The number of imide groups is 1. The first kappa shape index (κ1) is 12.8. The van der Waals surface area contributed by atoms with E-state index in [-0.39, 0.29) is 35.9 Å². The Bertz CT molecular complexity index is 653. The molecule has 3 aliphatic heterocycles. The molecule has 2 fully saturated rings. The Labute approximate surface area is 123 Å². The third-order valence-corrected chi connectivity index (χ3v) is 4.77. The number of hydrogen-bond acceptors (Lipinski definition) is 3. The molecule has 4 heteroatoms. The fourth-order valence-corrected chi connectivity index (χ4v) is 4.05. The van der Waals surface area contributed by atoms with Gasteiger partial charge in [0.2, 0.25) is 11.8 Å². The van der Waals surface area contributed by atoms with E-state index in [0.717, 1.165) is 22.4 Å². The molecule has 4 nitrogen and oxygen atoms in total. The summed E-state index contributed by atoms with van der Waals surface area (Å²) in [5.41, 5.74) is 3.83. The molecule has 4 rings (SSSR count). The number of amides is 2. The van der Waals surface area contributed by atoms with E-state index in [1.807, 2.05) is 45.1 Å². The molecule has 0 saturated carbocycles. The average Bonchev–Trinajstić information content (AvgIpc) is 3.06. The molecule has 3 heterocycles. The van der Waals surface area contributed by atoms with Gasteiger partial charge in [-0.05, 0) is 31.9 Å². The molecule has 1 aromatic rings. The molecule has 0 spiro atoms. The maximum absolute atomic E-state index is 12.8. The predicted octanol–water partition coefficient (Wildman–Crippen LogP) is 2.05. The van der Waals surface area contributed by atoms with Crippen LogP contribution in [-0.4, -0.2) is 24.0 Å². The van der Waals surface area contributed by atoms with Gasteiger partial charge in [-0.3, -0.25) is 9.59 Å². The minimum Gasteiger partial charge on any atom is -0.365 e. The number of benzene rings is 1. The molecule has 2 bridgehead atoms. The Balaban J connectivity index is 1.82. The molecular formula is C17H17NO3. The van der Waals surface area contributed by atoms with Crippen molar-refractivity contribution in [3.05, 3.63) is 41.0 Å². The molecule has 108 valence electrons. The van der Waals surface area contributed by atoms with E-state index in [4.69, 9.17) is 4.74 Å². The molecule has 0 radical (unpaired) electrons. The summed E-state index contributed by atoms with van der Waals surface area (Å²) < 4.78 is 5.66. The lowest BCUT2D eigenvalue weighted by molar-refractivity contribution is -0.124. The standard InChI is InChI=1S/C17H17NO3/c1-8-6-9(2)15(10(3)7-8)18-16(19)13-11-4-5-12(21-11)14(13)17(18)20/h4-7,11-14H,1-3H3/t11-,12-,13-,14+/m0/s1. The van der Waals surface area contributed by atoms with Crippen molar-refractivity contribution in [3.63, 3.8) is 0 Å². The van der Waals surface area contributed by atoms with Crippen LogP contribution in [0, 0.1) is 32.6 Å². The lowest BCUT2D eigenvalue weighted by Crippen LogP contribution is -2.35. The van der Waals surface area contributed by atoms with E-state index in [1.165, 1.54) is 4.90 Å². The van der Waals surface area contributed by atoms with Gasteiger partial charge < -0.3 is 4.74 Å². The predicted molar refractivity (Wildman–Crippen MR) is 77.9 cm³/mol. The summed E-state index contributed by atoms with van der Waals surface area (Å²) in [6.07, 6.45) is 3.37. The number of hydrogen-bond donors (Lipinski definition) is 0. The number of nitrogens with zero attached hydrogens (tertiary/aromatic N) is 1. The third-order valence-electron chi connectivity index (χ3n) is 4.77. The van der Waals surface area contributed by atoms with E-state index in [9.17, 15) is 9.59 Å². The Morgan fingerprint density at radius 3 is 1.86 bits per heavy atom. The smallest absolute Gasteiger partial charge is 0.240 e. The van der Waals surface area contributed by atoms with Crippen molar-refractivity contribution in [1.29, 1.82) is 0 Å². The summed E-state index contributed by atoms with van der Waals surface area (Å²) in [5, 5.41) is 0. The lowest BCUT2D eigenvalue weighted by atomic mass is 9.85. The lowest BCUT2D eigenvalue weighted by Gasteiger charge is -2.22. The van der Waals surface area contributed by atoms with Crippen molar-refractivity contribution in [2.45, 2.75) is 33.0 Å². The topological polar surface area (TPSA) is 46.6 Å². The van der Waals surface area contributed by atoms with Crippen LogP contribution in [0.25, 0.3) is 0 Å². The van der Waals surface area contributed by atoms with Crippen molar-refractivity contribution in [1.82, 2.24) is 0 Å². The van der Waals surface area contributed by atoms with Crippen molar-refractivity contribution in [2.75, 3.05) is 4.90 Å². The van der Waals surface area contributed by atoms with Crippen LogP contribution in [0.5, 0.6) is 0 Å². The molecule has 21 heavy (non-hydrogen) atoms. The Morgan fingerprint density at radius 2 is 1.38 bits per heavy atom. The SMILES string of the molecule is Cc1cc(C)c(N2C(=O)[C@@H]3[C@H](C2=O)[C@@H]2C=C[C@@H]3O2)c(C)c1. The van der Waals surface area contributed by atoms with Crippen molar-refractivity contribution in [2.24, 2.45) is 11.8 Å². The molecule has 2 saturated heterocycles. The van der Waals surface area contributed by atoms with Crippen molar-refractivity contribution >= 4 is 17.5 Å². The van der Waals surface area contributed by atoms with Crippen LogP contribution in [0.15, 0.2) is 24.3 Å². The Kier molecular flexibility index (Phi) is 2.46. The Morgan fingerprint density at radius 1 is 0.905 bits per heavy atom. The molecule has 0 N–H and O–H groups in total. The van der Waals surface area contributed by atoms with E-state index in [1.54, 1.807) is 0 Å². The van der Waals surface area contributed by atoms with Gasteiger partial charge in [0.05, 0.1) is 29.7 Å². The van der Waals surface area contributed by atoms with E-state index < -0.39 is 0 Å². The molecular weight excluding hydrogens is 266 g/mol. The number of carbonyl (C=O) groups excluding carboxylic acids is 2. The highest BCUT2D eigenvalue weighted by atomic mass is 16.5. The largest absolute Gasteiger partial charge is 0.365 e. The number of fused-ring (bicyclic) bond motifs is 5. The van der Waals surface area contributed by atoms with E-state index >= 15 is 0 Å². The van der Waals surface area contributed by atoms with Gasteiger partial charge in [0.15, 0.2) is 0 Å². The van der Waals surface area contributed by atoms with Gasteiger partial charge in [-0.2, -0.15) is 0 Å². The zero-order valence-electron chi connectivity index (χ0n) is 12.3. The van der Waals surface area contributed by atoms with Gasteiger partial charge in [0, 0.05) is 0 Å². The second-order valence-corrected chi connectivity index (χ2v) is 6.26. The normalized spacial score (nSPS) is 33.2. The maximum atomic E-state index is 12.8. The maximum Gasteiger partial charge on any atom is 0.240 e. The second kappa shape index (κ2) is 4.04. The van der Waals surface area contributed by atoms with Crippen molar-refractivity contribution < 1.29 is 14.3 Å². The zero-order chi connectivity index (χ0) is 14.9. The number of rotatable bonds is 1. The number of anilines is 1. The number of ether oxygens (including phenoxy) is 1. The number of carbonyl (C=O) groups is 2. The van der Waals surface area contributed by atoms with Crippen LogP contribution in [-0.2, 0) is 14.3 Å². The third kappa shape index (κ3) is 1.54. The van der Waals surface area contributed by atoms with Gasteiger partial charge in [0.1, 0.15) is 0 Å². The molecule has 0 unspecified atom stereocenters. The molecule has 3 aliphatic rings. The van der Waals surface area contributed by atoms with Crippen LogP contribution >= 0.6 is 0 Å². The minimum atomic E-state index is -0.340. The zero-order valence-corrected chi connectivity index (χ0v) is 12.3. The van der Waals surface area contributed by atoms with Crippen molar-refractivity contribution in [3.8, 4) is 0 Å². The van der Waals surface area contributed by atoms with Gasteiger partial charge in [-0.1, -0.05) is 29.8 Å². The average molecular weight is 283 g/mol. The van der Waals surface area contributed by atoms with Crippen LogP contribution in [0.1, 0.15) is 16.7 Å². The monoisotopic (exact) mass is 283 g/mol. The highest BCUT2D eigenvalue weighted by Crippen LogP contribution is 2.47. The fraction of sp³-hybridized carbons (Fsp3) is 0.412. The molecule has 4 atom stereocenters. The summed E-state index contributed by atoms with van der Waals surface area (Å²) in [6, 6.07) is 4.03.